The quantitative estimate of drug-likeness (QED) is 0.506. The van der Waals surface area contributed by atoms with E-state index in [1.54, 1.807) is 18.3 Å². The third-order valence-electron chi connectivity index (χ3n) is 3.27. The molecule has 1 atom stereocenters. The topological polar surface area (TPSA) is 55.3 Å². The minimum absolute atomic E-state index is 0. The summed E-state index contributed by atoms with van der Waals surface area (Å²) in [4.78, 5) is 21.9. The van der Waals surface area contributed by atoms with Crippen LogP contribution in [-0.4, -0.2) is 42.1 Å². The van der Waals surface area contributed by atoms with Gasteiger partial charge in [-0.2, -0.15) is 0 Å². The number of carbonyl (C=O) groups excluding carboxylic acids is 1. The van der Waals surface area contributed by atoms with E-state index in [0.717, 1.165) is 28.9 Å². The van der Waals surface area contributed by atoms with Gasteiger partial charge in [0.1, 0.15) is 5.82 Å². The van der Waals surface area contributed by atoms with E-state index >= 15 is 0 Å². The molecular formula is C15H16BrN3O2U. The van der Waals surface area contributed by atoms with Crippen LogP contribution in [0.1, 0.15) is 12.5 Å². The van der Waals surface area contributed by atoms with Crippen LogP contribution < -0.4 is 4.90 Å². The molecule has 1 aliphatic rings. The van der Waals surface area contributed by atoms with E-state index in [1.165, 1.54) is 0 Å². The molecule has 0 radical (unpaired) electrons. The maximum atomic E-state index is 10.7. The van der Waals surface area contributed by atoms with E-state index in [0.29, 0.717) is 17.7 Å². The third-order valence-corrected chi connectivity index (χ3v) is 3.88. The molecule has 0 unspecified atom stereocenters. The zero-order valence-corrected chi connectivity index (χ0v) is 18.2. The van der Waals surface area contributed by atoms with Crippen molar-refractivity contribution in [3.05, 3.63) is 35.8 Å². The molecule has 1 aliphatic heterocycles. The molecule has 0 saturated carbocycles. The second-order valence-electron chi connectivity index (χ2n) is 4.78. The summed E-state index contributed by atoms with van der Waals surface area (Å²) in [5.74, 6) is 0.830. The Morgan fingerprint density at radius 3 is 2.91 bits per heavy atom. The van der Waals surface area contributed by atoms with Crippen molar-refractivity contribution in [2.45, 2.75) is 13.0 Å². The van der Waals surface area contributed by atoms with Crippen LogP contribution in [0.2, 0.25) is 0 Å². The molecule has 0 spiro atoms. The summed E-state index contributed by atoms with van der Waals surface area (Å²) in [6.07, 6.45) is 3.80. The number of morpholine rings is 1. The Morgan fingerprint density at radius 2 is 2.23 bits per heavy atom. The van der Waals surface area contributed by atoms with Gasteiger partial charge in [-0.1, -0.05) is 15.9 Å². The molecule has 0 amide bonds. The first-order valence-corrected chi connectivity index (χ1v) is 7.17. The molecule has 1 aromatic heterocycles. The molecule has 1 aromatic carbocycles. The van der Waals surface area contributed by atoms with Crippen molar-refractivity contribution in [3.63, 3.8) is 0 Å². The fraction of sp³-hybridized carbons (Fsp3) is 0.333. The maximum absolute atomic E-state index is 10.7. The van der Waals surface area contributed by atoms with Gasteiger partial charge in [-0.05, 0) is 11.4 Å². The second kappa shape index (κ2) is 8.40. The Balaban J connectivity index is 0.00000121. The van der Waals surface area contributed by atoms with Gasteiger partial charge in [0.15, 0.2) is 0 Å². The molecule has 3 rings (SSSR count). The van der Waals surface area contributed by atoms with Crippen molar-refractivity contribution < 1.29 is 40.6 Å². The van der Waals surface area contributed by atoms with Crippen molar-refractivity contribution in [1.29, 1.82) is 0 Å². The average Bonchev–Trinajstić information content (AvgIpc) is 2.46. The number of halogens is 1. The molecule has 1 saturated heterocycles. The molecule has 0 aliphatic carbocycles. The first kappa shape index (κ1) is 19.6. The Labute approximate surface area is 162 Å². The zero-order valence-electron chi connectivity index (χ0n) is 12.5. The Kier molecular flexibility index (Phi) is 7.47. The van der Waals surface area contributed by atoms with Crippen molar-refractivity contribution in [1.82, 2.24) is 9.97 Å². The van der Waals surface area contributed by atoms with E-state index in [2.05, 4.69) is 30.8 Å². The van der Waals surface area contributed by atoms with Crippen LogP contribution >= 0.6 is 15.9 Å². The van der Waals surface area contributed by atoms with Gasteiger partial charge in [-0.3, -0.25) is 4.98 Å². The van der Waals surface area contributed by atoms with Crippen molar-refractivity contribution in [3.8, 4) is 0 Å². The van der Waals surface area contributed by atoms with E-state index in [4.69, 9.17) is 4.74 Å². The van der Waals surface area contributed by atoms with Gasteiger partial charge in [0.05, 0.1) is 30.7 Å². The number of hydrogen-bond acceptors (Lipinski definition) is 5. The molecule has 1 fully saturated rings. The SMILES string of the molecule is C[C@@H]1CN(c2cnc3cc([C-]=O)cc(Br)c3n2)CCO1.[CH3-].[U+2]. The Morgan fingerprint density at radius 1 is 1.45 bits per heavy atom. The molecule has 2 heterocycles. The van der Waals surface area contributed by atoms with E-state index in [1.807, 2.05) is 13.2 Å². The number of benzene rings is 1. The molecule has 7 heteroatoms. The number of aromatic nitrogens is 2. The van der Waals surface area contributed by atoms with Gasteiger partial charge in [0.2, 0.25) is 0 Å². The zero-order chi connectivity index (χ0) is 14.1. The van der Waals surface area contributed by atoms with Crippen LogP contribution in [0.5, 0.6) is 0 Å². The molecular weight excluding hydrogens is 572 g/mol. The number of ether oxygens (including phenoxy) is 1. The normalized spacial score (nSPS) is 17.5. The number of rotatable bonds is 2. The van der Waals surface area contributed by atoms with Crippen molar-refractivity contribution >= 4 is 39.1 Å². The van der Waals surface area contributed by atoms with Crippen LogP contribution in [0.25, 0.3) is 11.0 Å². The van der Waals surface area contributed by atoms with Gasteiger partial charge < -0.3 is 21.9 Å². The van der Waals surface area contributed by atoms with Crippen molar-refractivity contribution in [2.24, 2.45) is 0 Å². The number of anilines is 1. The van der Waals surface area contributed by atoms with Crippen LogP contribution in [0.4, 0.5) is 5.82 Å². The summed E-state index contributed by atoms with van der Waals surface area (Å²) in [6.45, 7) is 4.35. The Bertz CT molecular complexity index is 669. The fourth-order valence-corrected chi connectivity index (χ4v) is 2.84. The summed E-state index contributed by atoms with van der Waals surface area (Å²) in [5, 5.41) is 0. The average molecular weight is 588 g/mol. The molecule has 0 N–H and O–H groups in total. The minimum atomic E-state index is 0. The third kappa shape index (κ3) is 4.08. The largest absolute Gasteiger partial charge is 2.00 e. The van der Waals surface area contributed by atoms with Crippen molar-refractivity contribution in [2.75, 3.05) is 24.6 Å². The molecule has 5 nitrogen and oxygen atoms in total. The van der Waals surface area contributed by atoms with Crippen LogP contribution in [0, 0.1) is 38.5 Å². The first-order valence-electron chi connectivity index (χ1n) is 6.38. The van der Waals surface area contributed by atoms with Gasteiger partial charge in [0, 0.05) is 18.6 Å². The smallest absolute Gasteiger partial charge is 0.376 e. The second-order valence-corrected chi connectivity index (χ2v) is 5.64. The van der Waals surface area contributed by atoms with Gasteiger partial charge >= 0.3 is 31.1 Å². The summed E-state index contributed by atoms with van der Waals surface area (Å²) in [7, 11) is 0. The summed E-state index contributed by atoms with van der Waals surface area (Å²) in [6, 6.07) is 3.39. The Hall–Kier alpha value is -0.478. The molecule has 2 aromatic rings. The number of nitrogens with zero attached hydrogens (tertiary/aromatic N) is 3. The number of fused-ring (bicyclic) bond motifs is 1. The molecule has 114 valence electrons. The predicted molar refractivity (Wildman–Crippen MR) is 86.1 cm³/mol. The van der Waals surface area contributed by atoms with Crippen LogP contribution in [0.15, 0.2) is 22.8 Å². The predicted octanol–water partition coefficient (Wildman–Crippen LogP) is 2.53. The van der Waals surface area contributed by atoms with E-state index in [9.17, 15) is 4.79 Å². The van der Waals surface area contributed by atoms with Crippen LogP contribution in [0.3, 0.4) is 0 Å². The number of hydrogen-bond donors (Lipinski definition) is 0. The fourth-order valence-electron chi connectivity index (χ4n) is 2.30. The summed E-state index contributed by atoms with van der Waals surface area (Å²) in [5.41, 5.74) is 1.90. The van der Waals surface area contributed by atoms with Crippen LogP contribution in [-0.2, 0) is 9.53 Å². The summed E-state index contributed by atoms with van der Waals surface area (Å²) < 4.78 is 6.28. The van der Waals surface area contributed by atoms with Gasteiger partial charge in [-0.15, -0.1) is 17.7 Å². The molecule has 22 heavy (non-hydrogen) atoms. The van der Waals surface area contributed by atoms with E-state index < -0.39 is 0 Å². The maximum Gasteiger partial charge on any atom is 2.00 e. The van der Waals surface area contributed by atoms with Gasteiger partial charge in [0.25, 0.3) is 0 Å². The first-order chi connectivity index (χ1) is 9.67. The van der Waals surface area contributed by atoms with E-state index in [-0.39, 0.29) is 44.6 Å². The van der Waals surface area contributed by atoms with Gasteiger partial charge in [-0.25, -0.2) is 4.98 Å². The summed E-state index contributed by atoms with van der Waals surface area (Å²) >= 11 is 3.43. The minimum Gasteiger partial charge on any atom is -0.376 e. The monoisotopic (exact) mass is 587 g/mol. The molecule has 0 bridgehead atoms. The standard InChI is InChI=1S/C14H13BrN3O2.CH3.U/c1-9-7-18(2-3-20-9)13-6-16-12-5-10(8-19)4-11(15)14(12)17-13;;/h4-6,9H,2-3,7H2,1H3;1H3;/q2*-1;+2/t9-;;/m1../s1.